The topological polar surface area (TPSA) is 114 Å². The third kappa shape index (κ3) is 4.47. The molecule has 0 aliphatic carbocycles. The molecule has 0 aliphatic rings. The van der Waals surface area contributed by atoms with Crippen molar-refractivity contribution >= 4 is 41.4 Å². The second-order valence-corrected chi connectivity index (χ2v) is 7.89. The van der Waals surface area contributed by atoms with E-state index in [2.05, 4.69) is 20.3 Å². The molecule has 0 spiro atoms. The van der Waals surface area contributed by atoms with E-state index in [4.69, 9.17) is 0 Å². The molecular weight excluding hydrogens is 385 g/mol. The number of aromatic nitrogens is 3. The predicted octanol–water partition coefficient (Wildman–Crippen LogP) is 0.376. The Morgan fingerprint density at radius 3 is 2.30 bits per heavy atom. The summed E-state index contributed by atoms with van der Waals surface area (Å²) in [5, 5.41) is 2.30. The van der Waals surface area contributed by atoms with Gasteiger partial charge in [-0.1, -0.05) is 0 Å². The molecule has 2 amide bonds. The molecule has 0 saturated carbocycles. The maximum atomic E-state index is 12.3. The average Bonchev–Trinajstić information content (AvgIpc) is 2.45. The van der Waals surface area contributed by atoms with Gasteiger partial charge in [0.05, 0.1) is 0 Å². The molecule has 10 heteroatoms. The molecule has 1 heterocycles. The molecule has 2 rings (SSSR count). The SMILES string of the molecule is C[Se]c1ccccc1S(=O)(=O)NC(=O)Nc1nc(C)nc(C)n1. The summed E-state index contributed by atoms with van der Waals surface area (Å²) >= 11 is -0.0236. The number of hydrogen-bond acceptors (Lipinski definition) is 6. The van der Waals surface area contributed by atoms with Crippen LogP contribution in [0.5, 0.6) is 0 Å². The van der Waals surface area contributed by atoms with Crippen molar-refractivity contribution in [2.45, 2.75) is 24.6 Å². The van der Waals surface area contributed by atoms with E-state index in [1.807, 2.05) is 10.5 Å². The number of aryl methyl sites for hydroxylation is 2. The van der Waals surface area contributed by atoms with Gasteiger partial charge in [0.1, 0.15) is 0 Å². The number of nitrogens with one attached hydrogen (secondary N) is 2. The number of hydrogen-bond donors (Lipinski definition) is 2. The number of urea groups is 1. The molecule has 0 unspecified atom stereocenters. The van der Waals surface area contributed by atoms with Gasteiger partial charge in [-0.15, -0.1) is 0 Å². The summed E-state index contributed by atoms with van der Waals surface area (Å²) in [6.07, 6.45) is 0. The van der Waals surface area contributed by atoms with Gasteiger partial charge in [-0.05, 0) is 0 Å². The molecule has 0 saturated heterocycles. The summed E-state index contributed by atoms with van der Waals surface area (Å²) in [6, 6.07) is 5.64. The van der Waals surface area contributed by atoms with Gasteiger partial charge in [0.25, 0.3) is 0 Å². The first-order valence-corrected chi connectivity index (χ1v) is 10.5. The van der Waals surface area contributed by atoms with Crippen LogP contribution in [0.2, 0.25) is 5.82 Å². The van der Waals surface area contributed by atoms with Crippen LogP contribution in [0.1, 0.15) is 11.6 Å². The van der Waals surface area contributed by atoms with Gasteiger partial charge in [-0.3, -0.25) is 0 Å². The quantitative estimate of drug-likeness (QED) is 0.718. The van der Waals surface area contributed by atoms with Gasteiger partial charge < -0.3 is 0 Å². The summed E-state index contributed by atoms with van der Waals surface area (Å²) in [6.45, 7) is 3.29. The Bertz CT molecular complexity index is 821. The monoisotopic (exact) mass is 401 g/mol. The van der Waals surface area contributed by atoms with Crippen LogP contribution in [0.4, 0.5) is 10.7 Å². The van der Waals surface area contributed by atoms with Crippen LogP contribution in [-0.4, -0.2) is 44.4 Å². The molecule has 0 bridgehead atoms. The van der Waals surface area contributed by atoms with E-state index in [0.717, 1.165) is 0 Å². The summed E-state index contributed by atoms with van der Waals surface area (Å²) in [5.74, 6) is 2.75. The summed E-state index contributed by atoms with van der Waals surface area (Å²) in [4.78, 5) is 23.9. The van der Waals surface area contributed by atoms with E-state index in [1.165, 1.54) is 6.07 Å². The van der Waals surface area contributed by atoms with Crippen molar-refractivity contribution in [3.8, 4) is 0 Å². The molecule has 2 aromatic rings. The Labute approximate surface area is 140 Å². The van der Waals surface area contributed by atoms with Gasteiger partial charge in [0.15, 0.2) is 0 Å². The molecular formula is C13H15N5O3SSe. The van der Waals surface area contributed by atoms with Gasteiger partial charge in [0.2, 0.25) is 0 Å². The van der Waals surface area contributed by atoms with Crippen molar-refractivity contribution in [2.75, 3.05) is 5.32 Å². The first-order chi connectivity index (χ1) is 10.8. The molecule has 0 atom stereocenters. The second kappa shape index (κ2) is 7.03. The van der Waals surface area contributed by atoms with Crippen molar-refractivity contribution in [1.82, 2.24) is 19.7 Å². The molecule has 122 valence electrons. The number of carbonyl (C=O) groups excluding carboxylic acids is 1. The van der Waals surface area contributed by atoms with E-state index in [-0.39, 0.29) is 25.8 Å². The molecule has 23 heavy (non-hydrogen) atoms. The van der Waals surface area contributed by atoms with Gasteiger partial charge >= 0.3 is 140 Å². The first-order valence-electron chi connectivity index (χ1n) is 6.48. The van der Waals surface area contributed by atoms with Crippen molar-refractivity contribution in [3.05, 3.63) is 35.9 Å². The summed E-state index contributed by atoms with van der Waals surface area (Å²) in [7, 11) is -3.96. The third-order valence-electron chi connectivity index (χ3n) is 2.67. The van der Waals surface area contributed by atoms with Crippen LogP contribution >= 0.6 is 0 Å². The fourth-order valence-electron chi connectivity index (χ4n) is 1.82. The number of benzene rings is 1. The van der Waals surface area contributed by atoms with Crippen molar-refractivity contribution < 1.29 is 13.2 Å². The van der Waals surface area contributed by atoms with E-state index < -0.39 is 16.1 Å². The molecule has 0 radical (unpaired) electrons. The Morgan fingerprint density at radius 2 is 1.70 bits per heavy atom. The van der Waals surface area contributed by atoms with E-state index in [1.54, 1.807) is 32.0 Å². The molecule has 2 N–H and O–H groups in total. The van der Waals surface area contributed by atoms with Crippen LogP contribution in [0.15, 0.2) is 29.2 Å². The zero-order chi connectivity index (χ0) is 17.0. The van der Waals surface area contributed by atoms with E-state index >= 15 is 0 Å². The van der Waals surface area contributed by atoms with Crippen LogP contribution in [0.3, 0.4) is 0 Å². The fourth-order valence-corrected chi connectivity index (χ4v) is 4.95. The van der Waals surface area contributed by atoms with Crippen molar-refractivity contribution in [3.63, 3.8) is 0 Å². The van der Waals surface area contributed by atoms with Crippen LogP contribution in [0, 0.1) is 13.8 Å². The Balaban J connectivity index is 2.18. The van der Waals surface area contributed by atoms with Gasteiger partial charge in [-0.2, -0.15) is 0 Å². The van der Waals surface area contributed by atoms with E-state index in [0.29, 0.717) is 16.1 Å². The fraction of sp³-hybridized carbons (Fsp3) is 0.231. The van der Waals surface area contributed by atoms with Gasteiger partial charge in [-0.25, -0.2) is 0 Å². The second-order valence-electron chi connectivity index (χ2n) is 4.46. The normalized spacial score (nSPS) is 11.1. The summed E-state index contributed by atoms with van der Waals surface area (Å²) < 4.78 is 27.3. The van der Waals surface area contributed by atoms with Crippen LogP contribution in [-0.2, 0) is 10.0 Å². The molecule has 8 nitrogen and oxygen atoms in total. The maximum absolute atomic E-state index is 12.3. The Kier molecular flexibility index (Phi) is 5.30. The number of sulfonamides is 1. The average molecular weight is 400 g/mol. The standard InChI is InChI=1S/C13H15N5O3SSe/c1-8-14-9(2)16-12(15-8)17-13(19)18-22(20,21)10-6-4-5-7-11(10)23-3/h4-7H,1-3H3,(H2,14,15,16,17,18,19). The van der Waals surface area contributed by atoms with Crippen molar-refractivity contribution in [2.24, 2.45) is 0 Å². The number of nitrogens with zero attached hydrogens (tertiary/aromatic N) is 3. The number of rotatable bonds is 4. The molecule has 0 aliphatic heterocycles. The number of anilines is 1. The van der Waals surface area contributed by atoms with Crippen molar-refractivity contribution in [1.29, 1.82) is 0 Å². The van der Waals surface area contributed by atoms with Crippen LogP contribution < -0.4 is 14.5 Å². The molecule has 1 aromatic heterocycles. The van der Waals surface area contributed by atoms with E-state index in [9.17, 15) is 13.2 Å². The number of amides is 2. The van der Waals surface area contributed by atoms with Crippen LogP contribution in [0.25, 0.3) is 0 Å². The minimum atomic E-state index is -3.96. The third-order valence-corrected chi connectivity index (χ3v) is 6.02. The predicted molar refractivity (Wildman–Crippen MR) is 86.3 cm³/mol. The molecule has 1 aromatic carbocycles. The molecule has 0 fully saturated rings. The minimum absolute atomic E-state index is 0.00399. The first kappa shape index (κ1) is 17.3. The Hall–Kier alpha value is -2.03. The zero-order valence-electron chi connectivity index (χ0n) is 12.7. The Morgan fingerprint density at radius 1 is 1.09 bits per heavy atom. The zero-order valence-corrected chi connectivity index (χ0v) is 15.2. The number of carbonyl (C=O) groups is 1. The van der Waals surface area contributed by atoms with Gasteiger partial charge in [0, 0.05) is 0 Å². The summed E-state index contributed by atoms with van der Waals surface area (Å²) in [5.41, 5.74) is 0.